The third kappa shape index (κ3) is 6.11. The molecule has 0 aliphatic rings. The summed E-state index contributed by atoms with van der Waals surface area (Å²) in [4.78, 5) is 0. The highest BCUT2D eigenvalue weighted by molar-refractivity contribution is 5.28. The highest BCUT2D eigenvalue weighted by Gasteiger charge is 2.25. The minimum atomic E-state index is -4.14. The Labute approximate surface area is 96.3 Å². The number of hydrogen-bond acceptors (Lipinski definition) is 2. The van der Waals surface area contributed by atoms with Crippen molar-refractivity contribution in [2.24, 2.45) is 0 Å². The molecule has 0 aliphatic heterocycles. The van der Waals surface area contributed by atoms with Crippen LogP contribution in [0.15, 0.2) is 18.2 Å². The minimum Gasteiger partial charge on any atom is -0.508 e. The maximum Gasteiger partial charge on any atom is 0.389 e. The topological polar surface area (TPSA) is 32.3 Å². The van der Waals surface area contributed by atoms with Gasteiger partial charge in [0.25, 0.3) is 0 Å². The Balaban J connectivity index is 2.27. The maximum absolute atomic E-state index is 12.8. The molecule has 0 aromatic heterocycles. The predicted molar refractivity (Wildman–Crippen MR) is 55.1 cm³/mol. The smallest absolute Gasteiger partial charge is 0.389 e. The summed E-state index contributed by atoms with van der Waals surface area (Å²) in [5, 5.41) is 11.8. The second-order valence-electron chi connectivity index (χ2n) is 3.71. The van der Waals surface area contributed by atoms with E-state index in [0.29, 0.717) is 5.56 Å². The zero-order chi connectivity index (χ0) is 12.9. The molecule has 0 heterocycles. The Kier molecular flexibility index (Phi) is 4.74. The van der Waals surface area contributed by atoms with E-state index in [-0.39, 0.29) is 25.3 Å². The number of phenolic OH excluding ortho intramolecular Hbond substituents is 1. The fourth-order valence-corrected chi connectivity index (χ4v) is 1.38. The van der Waals surface area contributed by atoms with Gasteiger partial charge in [-0.2, -0.15) is 13.2 Å². The monoisotopic (exact) mass is 251 g/mol. The molecule has 0 amide bonds. The van der Waals surface area contributed by atoms with Crippen LogP contribution in [0.3, 0.4) is 0 Å². The first-order valence-electron chi connectivity index (χ1n) is 5.13. The lowest BCUT2D eigenvalue weighted by Gasteiger charge is -2.07. The zero-order valence-corrected chi connectivity index (χ0v) is 9.02. The summed E-state index contributed by atoms with van der Waals surface area (Å²) in [5.74, 6) is -0.769. The van der Waals surface area contributed by atoms with Gasteiger partial charge in [-0.1, -0.05) is 0 Å². The van der Waals surface area contributed by atoms with Gasteiger partial charge in [0.2, 0.25) is 0 Å². The van der Waals surface area contributed by atoms with Gasteiger partial charge < -0.3 is 10.4 Å². The summed E-state index contributed by atoms with van der Waals surface area (Å²) in [6.45, 7) is 0.417. The SMILES string of the molecule is Oc1cc(F)cc(CNCCCC(F)(F)F)c1. The molecule has 1 aromatic rings. The first kappa shape index (κ1) is 13.8. The van der Waals surface area contributed by atoms with Crippen LogP contribution in [0, 0.1) is 5.82 Å². The average Bonchev–Trinajstić information content (AvgIpc) is 2.13. The second-order valence-corrected chi connectivity index (χ2v) is 3.71. The average molecular weight is 251 g/mol. The summed E-state index contributed by atoms with van der Waals surface area (Å²) >= 11 is 0. The molecule has 0 bridgehead atoms. The van der Waals surface area contributed by atoms with Gasteiger partial charge in [0, 0.05) is 19.0 Å². The third-order valence-electron chi connectivity index (χ3n) is 2.09. The quantitative estimate of drug-likeness (QED) is 0.623. The lowest BCUT2D eigenvalue weighted by molar-refractivity contribution is -0.135. The van der Waals surface area contributed by atoms with E-state index in [1.807, 2.05) is 0 Å². The molecule has 0 spiro atoms. The Morgan fingerprint density at radius 1 is 1.18 bits per heavy atom. The molecule has 2 N–H and O–H groups in total. The van der Waals surface area contributed by atoms with Crippen LogP contribution >= 0.6 is 0 Å². The van der Waals surface area contributed by atoms with E-state index in [2.05, 4.69) is 5.32 Å². The third-order valence-corrected chi connectivity index (χ3v) is 2.09. The van der Waals surface area contributed by atoms with Crippen molar-refractivity contribution in [1.29, 1.82) is 0 Å². The largest absolute Gasteiger partial charge is 0.508 e. The van der Waals surface area contributed by atoms with E-state index < -0.39 is 18.4 Å². The van der Waals surface area contributed by atoms with Crippen molar-refractivity contribution in [3.63, 3.8) is 0 Å². The number of halogens is 4. The van der Waals surface area contributed by atoms with Crippen LogP contribution in [0.1, 0.15) is 18.4 Å². The summed E-state index contributed by atoms with van der Waals surface area (Å²) < 4.78 is 48.2. The van der Waals surface area contributed by atoms with Gasteiger partial charge >= 0.3 is 6.18 Å². The molecule has 0 aliphatic carbocycles. The van der Waals surface area contributed by atoms with E-state index in [1.54, 1.807) is 0 Å². The molecule has 1 rings (SSSR count). The summed E-state index contributed by atoms with van der Waals surface area (Å²) in [7, 11) is 0. The van der Waals surface area contributed by atoms with Crippen LogP contribution in [0.4, 0.5) is 17.6 Å². The molecule has 0 saturated carbocycles. The molecule has 17 heavy (non-hydrogen) atoms. The van der Waals surface area contributed by atoms with Gasteiger partial charge in [-0.15, -0.1) is 0 Å². The van der Waals surface area contributed by atoms with Gasteiger partial charge in [0.15, 0.2) is 0 Å². The molecule has 0 atom stereocenters. The highest BCUT2D eigenvalue weighted by Crippen LogP contribution is 2.20. The number of hydrogen-bond donors (Lipinski definition) is 2. The Morgan fingerprint density at radius 2 is 1.88 bits per heavy atom. The van der Waals surface area contributed by atoms with Gasteiger partial charge in [-0.3, -0.25) is 0 Å². The van der Waals surface area contributed by atoms with Crippen LogP contribution in [-0.2, 0) is 6.54 Å². The van der Waals surface area contributed by atoms with Gasteiger partial charge in [0.1, 0.15) is 11.6 Å². The number of aromatic hydroxyl groups is 1. The van der Waals surface area contributed by atoms with E-state index in [4.69, 9.17) is 5.11 Å². The van der Waals surface area contributed by atoms with Gasteiger partial charge in [0.05, 0.1) is 0 Å². The first-order chi connectivity index (χ1) is 7.87. The Hall–Kier alpha value is -1.30. The van der Waals surface area contributed by atoms with Crippen LogP contribution in [0.25, 0.3) is 0 Å². The Bertz CT molecular complexity index is 345. The molecule has 6 heteroatoms. The normalized spacial score (nSPS) is 11.8. The van der Waals surface area contributed by atoms with Crippen LogP contribution < -0.4 is 5.32 Å². The van der Waals surface area contributed by atoms with E-state index in [1.165, 1.54) is 12.1 Å². The second kappa shape index (κ2) is 5.86. The van der Waals surface area contributed by atoms with Crippen LogP contribution in [0.2, 0.25) is 0 Å². The lowest BCUT2D eigenvalue weighted by atomic mass is 10.2. The summed E-state index contributed by atoms with van der Waals surface area (Å²) in [6, 6.07) is 3.55. The molecular formula is C11H13F4NO. The fourth-order valence-electron chi connectivity index (χ4n) is 1.38. The van der Waals surface area contributed by atoms with Crippen molar-refractivity contribution in [1.82, 2.24) is 5.32 Å². The van der Waals surface area contributed by atoms with Crippen molar-refractivity contribution < 1.29 is 22.7 Å². The predicted octanol–water partition coefficient (Wildman–Crippen LogP) is 2.96. The summed E-state index contributed by atoms with van der Waals surface area (Å²) in [5.41, 5.74) is 0.495. The molecule has 96 valence electrons. The highest BCUT2D eigenvalue weighted by atomic mass is 19.4. The number of alkyl halides is 3. The van der Waals surface area contributed by atoms with Gasteiger partial charge in [-0.05, 0) is 30.7 Å². The molecule has 2 nitrogen and oxygen atoms in total. The van der Waals surface area contributed by atoms with Crippen LogP contribution in [0.5, 0.6) is 5.75 Å². The zero-order valence-electron chi connectivity index (χ0n) is 9.02. The van der Waals surface area contributed by atoms with Crippen molar-refractivity contribution in [3.05, 3.63) is 29.6 Å². The lowest BCUT2D eigenvalue weighted by Crippen LogP contribution is -2.17. The van der Waals surface area contributed by atoms with E-state index in [0.717, 1.165) is 6.07 Å². The van der Waals surface area contributed by atoms with Crippen LogP contribution in [-0.4, -0.2) is 17.8 Å². The number of nitrogens with one attached hydrogen (secondary N) is 1. The van der Waals surface area contributed by atoms with E-state index >= 15 is 0 Å². The minimum absolute atomic E-state index is 0.0230. The molecule has 0 unspecified atom stereocenters. The van der Waals surface area contributed by atoms with Crippen molar-refractivity contribution in [3.8, 4) is 5.75 Å². The number of phenols is 1. The molecule has 0 saturated heterocycles. The maximum atomic E-state index is 12.8. The van der Waals surface area contributed by atoms with Crippen molar-refractivity contribution in [2.75, 3.05) is 6.54 Å². The number of benzene rings is 1. The fraction of sp³-hybridized carbons (Fsp3) is 0.455. The van der Waals surface area contributed by atoms with Crippen molar-refractivity contribution in [2.45, 2.75) is 25.6 Å². The molecule has 0 fully saturated rings. The van der Waals surface area contributed by atoms with E-state index in [9.17, 15) is 17.6 Å². The Morgan fingerprint density at radius 3 is 2.47 bits per heavy atom. The van der Waals surface area contributed by atoms with Gasteiger partial charge in [-0.25, -0.2) is 4.39 Å². The summed E-state index contributed by atoms with van der Waals surface area (Å²) in [6.07, 6.45) is -5.00. The molecular weight excluding hydrogens is 238 g/mol. The molecule has 1 aromatic carbocycles. The van der Waals surface area contributed by atoms with Crippen molar-refractivity contribution >= 4 is 0 Å². The number of rotatable bonds is 5. The molecule has 0 radical (unpaired) electrons. The first-order valence-corrected chi connectivity index (χ1v) is 5.13. The standard InChI is InChI=1S/C11H13F4NO/c12-9-4-8(5-10(17)6-9)7-16-3-1-2-11(13,14)15/h4-6,16-17H,1-3,7H2.